The standard InChI is InChI=1S/C21H24N6O2S/c22-19(29)13-4-3-9-26(11-13)18(28)12-30-21-25-24-20(27(21)14-7-8-14)16-10-23-17-6-2-1-5-15(16)17/h1-2,5-6,10,13-14,23H,3-4,7-9,11-12H2,(H2,22,29). The van der Waals surface area contributed by atoms with Gasteiger partial charge in [-0.3, -0.25) is 14.2 Å². The molecule has 1 saturated heterocycles. The Bertz CT molecular complexity index is 1100. The van der Waals surface area contributed by atoms with E-state index in [-0.39, 0.29) is 23.5 Å². The molecule has 2 aromatic heterocycles. The minimum atomic E-state index is -0.322. The lowest BCUT2D eigenvalue weighted by atomic mass is 9.97. The van der Waals surface area contributed by atoms with E-state index in [0.717, 1.165) is 53.1 Å². The lowest BCUT2D eigenvalue weighted by Gasteiger charge is -2.31. The largest absolute Gasteiger partial charge is 0.369 e. The van der Waals surface area contributed by atoms with Crippen LogP contribution in [-0.4, -0.2) is 55.3 Å². The van der Waals surface area contributed by atoms with Crippen LogP contribution in [0.3, 0.4) is 0 Å². The molecule has 3 heterocycles. The van der Waals surface area contributed by atoms with E-state index in [1.165, 1.54) is 11.8 Å². The number of hydrogen-bond donors (Lipinski definition) is 2. The van der Waals surface area contributed by atoms with Crippen LogP contribution in [0.15, 0.2) is 35.6 Å². The molecule has 1 saturated carbocycles. The van der Waals surface area contributed by atoms with Gasteiger partial charge in [0, 0.05) is 41.8 Å². The van der Waals surface area contributed by atoms with Crippen molar-refractivity contribution < 1.29 is 9.59 Å². The van der Waals surface area contributed by atoms with Gasteiger partial charge >= 0.3 is 0 Å². The second-order valence-electron chi connectivity index (χ2n) is 8.03. The Morgan fingerprint density at radius 1 is 1.20 bits per heavy atom. The zero-order valence-corrected chi connectivity index (χ0v) is 17.4. The van der Waals surface area contributed by atoms with Gasteiger partial charge in [0.15, 0.2) is 11.0 Å². The van der Waals surface area contributed by atoms with Crippen molar-refractivity contribution in [2.24, 2.45) is 11.7 Å². The zero-order chi connectivity index (χ0) is 20.7. The lowest BCUT2D eigenvalue weighted by molar-refractivity contribution is -0.132. The Balaban J connectivity index is 1.35. The Labute approximate surface area is 178 Å². The Morgan fingerprint density at radius 2 is 2.03 bits per heavy atom. The molecule has 1 aromatic carbocycles. The third kappa shape index (κ3) is 3.58. The van der Waals surface area contributed by atoms with Gasteiger partial charge in [-0.15, -0.1) is 10.2 Å². The first-order valence-electron chi connectivity index (χ1n) is 10.3. The molecule has 5 rings (SSSR count). The van der Waals surface area contributed by atoms with Gasteiger partial charge < -0.3 is 15.6 Å². The van der Waals surface area contributed by atoms with Gasteiger partial charge in [0.2, 0.25) is 11.8 Å². The third-order valence-corrected chi connectivity index (χ3v) is 6.84. The summed E-state index contributed by atoms with van der Waals surface area (Å²) in [4.78, 5) is 29.3. The topological polar surface area (TPSA) is 110 Å². The van der Waals surface area contributed by atoms with Crippen LogP contribution in [0.1, 0.15) is 31.7 Å². The number of piperidine rings is 1. The summed E-state index contributed by atoms with van der Waals surface area (Å²) in [7, 11) is 0. The van der Waals surface area contributed by atoms with Crippen molar-refractivity contribution in [3.05, 3.63) is 30.5 Å². The smallest absolute Gasteiger partial charge is 0.233 e. The molecule has 2 aliphatic rings. The van der Waals surface area contributed by atoms with Crippen LogP contribution < -0.4 is 5.73 Å². The van der Waals surface area contributed by atoms with E-state index in [4.69, 9.17) is 5.73 Å². The number of hydrogen-bond acceptors (Lipinski definition) is 5. The number of carbonyl (C=O) groups is 2. The molecule has 0 bridgehead atoms. The number of aromatic amines is 1. The Kier molecular flexibility index (Phi) is 4.98. The molecule has 1 atom stereocenters. The summed E-state index contributed by atoms with van der Waals surface area (Å²) in [6.45, 7) is 1.10. The van der Waals surface area contributed by atoms with Crippen LogP contribution in [0.2, 0.25) is 0 Å². The second-order valence-corrected chi connectivity index (χ2v) is 8.97. The van der Waals surface area contributed by atoms with Gasteiger partial charge in [-0.1, -0.05) is 30.0 Å². The highest BCUT2D eigenvalue weighted by molar-refractivity contribution is 7.99. The Hall–Kier alpha value is -2.81. The van der Waals surface area contributed by atoms with Crippen LogP contribution in [0.5, 0.6) is 0 Å². The normalized spacial score (nSPS) is 19.3. The maximum atomic E-state index is 12.7. The van der Waals surface area contributed by atoms with Gasteiger partial charge in [0.05, 0.1) is 11.7 Å². The highest BCUT2D eigenvalue weighted by Gasteiger charge is 2.32. The number of nitrogens with zero attached hydrogens (tertiary/aromatic N) is 4. The number of amides is 2. The summed E-state index contributed by atoms with van der Waals surface area (Å²) in [6, 6.07) is 8.53. The number of carbonyl (C=O) groups excluding carboxylic acids is 2. The fraction of sp³-hybridized carbons (Fsp3) is 0.429. The second kappa shape index (κ2) is 7.79. The average molecular weight is 425 g/mol. The van der Waals surface area contributed by atoms with E-state index in [2.05, 4.69) is 25.8 Å². The third-order valence-electron chi connectivity index (χ3n) is 5.91. The molecule has 3 aromatic rings. The predicted octanol–water partition coefficient (Wildman–Crippen LogP) is 2.58. The molecule has 0 spiro atoms. The van der Waals surface area contributed by atoms with E-state index in [0.29, 0.717) is 19.1 Å². The van der Waals surface area contributed by atoms with Crippen molar-refractivity contribution in [3.8, 4) is 11.4 Å². The van der Waals surface area contributed by atoms with Gasteiger partial charge in [-0.2, -0.15) is 0 Å². The van der Waals surface area contributed by atoms with Crippen molar-refractivity contribution in [1.82, 2.24) is 24.6 Å². The monoisotopic (exact) mass is 424 g/mol. The molecule has 9 heteroatoms. The summed E-state index contributed by atoms with van der Waals surface area (Å²) in [5.74, 6) is 0.583. The number of nitrogens with two attached hydrogens (primary N) is 1. The Morgan fingerprint density at radius 3 is 2.83 bits per heavy atom. The first-order valence-corrected chi connectivity index (χ1v) is 11.3. The van der Waals surface area contributed by atoms with E-state index >= 15 is 0 Å². The number of rotatable bonds is 6. The first kappa shape index (κ1) is 19.2. The van der Waals surface area contributed by atoms with Crippen LogP contribution in [-0.2, 0) is 9.59 Å². The van der Waals surface area contributed by atoms with Gasteiger partial charge in [0.1, 0.15) is 0 Å². The lowest BCUT2D eigenvalue weighted by Crippen LogP contribution is -2.44. The zero-order valence-electron chi connectivity index (χ0n) is 16.6. The SMILES string of the molecule is NC(=O)C1CCCN(C(=O)CSc2nnc(-c3c[nH]c4ccccc34)n2C2CC2)C1. The fourth-order valence-electron chi connectivity index (χ4n) is 4.13. The number of aromatic nitrogens is 4. The van der Waals surface area contributed by atoms with E-state index < -0.39 is 0 Å². The first-order chi connectivity index (χ1) is 14.6. The number of benzene rings is 1. The molecule has 1 aliphatic heterocycles. The highest BCUT2D eigenvalue weighted by atomic mass is 32.2. The number of para-hydroxylation sites is 1. The van der Waals surface area contributed by atoms with Crippen LogP contribution >= 0.6 is 11.8 Å². The number of fused-ring (bicyclic) bond motifs is 1. The van der Waals surface area contributed by atoms with Crippen molar-refractivity contribution in [3.63, 3.8) is 0 Å². The molecule has 1 aliphatic carbocycles. The molecule has 8 nitrogen and oxygen atoms in total. The number of nitrogens with one attached hydrogen (secondary N) is 1. The van der Waals surface area contributed by atoms with Gasteiger partial charge in [-0.25, -0.2) is 0 Å². The van der Waals surface area contributed by atoms with Crippen molar-refractivity contribution in [2.45, 2.75) is 36.9 Å². The molecular weight excluding hydrogens is 400 g/mol. The summed E-state index contributed by atoms with van der Waals surface area (Å²) in [6.07, 6.45) is 5.75. The number of likely N-dealkylation sites (tertiary alicyclic amines) is 1. The van der Waals surface area contributed by atoms with Gasteiger partial charge in [0.25, 0.3) is 0 Å². The quantitative estimate of drug-likeness (QED) is 0.591. The van der Waals surface area contributed by atoms with Crippen LogP contribution in [0, 0.1) is 5.92 Å². The predicted molar refractivity (Wildman–Crippen MR) is 115 cm³/mol. The number of primary amides is 1. The summed E-state index contributed by atoms with van der Waals surface area (Å²) in [5, 5.41) is 10.8. The number of H-pyrrole nitrogens is 1. The van der Waals surface area contributed by atoms with Gasteiger partial charge in [-0.05, 0) is 31.7 Å². The van der Waals surface area contributed by atoms with Crippen LogP contribution in [0.4, 0.5) is 0 Å². The summed E-state index contributed by atoms with van der Waals surface area (Å²) >= 11 is 1.42. The molecule has 156 valence electrons. The average Bonchev–Trinajstić information content (AvgIpc) is 3.38. The van der Waals surface area contributed by atoms with E-state index in [1.807, 2.05) is 24.4 Å². The highest BCUT2D eigenvalue weighted by Crippen LogP contribution is 2.42. The molecule has 2 fully saturated rings. The van der Waals surface area contributed by atoms with Crippen molar-refractivity contribution in [1.29, 1.82) is 0 Å². The minimum absolute atomic E-state index is 0.0185. The van der Waals surface area contributed by atoms with Crippen LogP contribution in [0.25, 0.3) is 22.3 Å². The minimum Gasteiger partial charge on any atom is -0.369 e. The molecule has 0 radical (unpaired) electrons. The summed E-state index contributed by atoms with van der Waals surface area (Å²) in [5.41, 5.74) is 7.53. The maximum absolute atomic E-state index is 12.7. The molecule has 2 amide bonds. The maximum Gasteiger partial charge on any atom is 0.233 e. The fourth-order valence-corrected chi connectivity index (χ4v) is 5.04. The molecule has 1 unspecified atom stereocenters. The molecule has 3 N–H and O–H groups in total. The summed E-state index contributed by atoms with van der Waals surface area (Å²) < 4.78 is 2.18. The van der Waals surface area contributed by atoms with E-state index in [9.17, 15) is 9.59 Å². The van der Waals surface area contributed by atoms with E-state index in [1.54, 1.807) is 4.90 Å². The number of thioether (sulfide) groups is 1. The van der Waals surface area contributed by atoms with Crippen molar-refractivity contribution in [2.75, 3.05) is 18.8 Å². The molecular formula is C21H24N6O2S. The van der Waals surface area contributed by atoms with Crippen molar-refractivity contribution >= 4 is 34.5 Å². The molecule has 30 heavy (non-hydrogen) atoms.